The van der Waals surface area contributed by atoms with E-state index in [1.165, 1.54) is 11.0 Å². The van der Waals surface area contributed by atoms with Gasteiger partial charge in [0.25, 0.3) is 0 Å². The smallest absolute Gasteiger partial charge is 0.247 e. The highest BCUT2D eigenvalue weighted by Gasteiger charge is 2.36. The van der Waals surface area contributed by atoms with Gasteiger partial charge >= 0.3 is 0 Å². The van der Waals surface area contributed by atoms with Crippen LogP contribution in [0.5, 0.6) is 5.75 Å². The SMILES string of the molecule is CC(C)(C)c1nnc(-c2ccc3c(c2)N(Cc2ccc(OCC4CCOCC4)cc2)C(=O)[C@@H](N)CS3(=O)=O)o1. The highest BCUT2D eigenvalue weighted by Crippen LogP contribution is 2.36. The summed E-state index contributed by atoms with van der Waals surface area (Å²) < 4.78 is 43.5. The van der Waals surface area contributed by atoms with Crippen LogP contribution < -0.4 is 15.4 Å². The van der Waals surface area contributed by atoms with Crippen LogP contribution in [0.1, 0.15) is 45.1 Å². The largest absolute Gasteiger partial charge is 0.493 e. The predicted molar refractivity (Wildman–Crippen MR) is 145 cm³/mol. The average Bonchev–Trinajstić information content (AvgIpc) is 3.40. The van der Waals surface area contributed by atoms with Crippen molar-refractivity contribution in [2.75, 3.05) is 30.5 Å². The van der Waals surface area contributed by atoms with Crippen LogP contribution in [-0.2, 0) is 31.3 Å². The topological polar surface area (TPSA) is 138 Å². The Morgan fingerprint density at radius 2 is 1.79 bits per heavy atom. The maximum absolute atomic E-state index is 13.4. The predicted octanol–water partition coefficient (Wildman–Crippen LogP) is 3.49. The Bertz CT molecular complexity index is 1440. The van der Waals surface area contributed by atoms with Gasteiger partial charge in [-0.2, -0.15) is 0 Å². The molecule has 3 heterocycles. The zero-order chi connectivity index (χ0) is 27.8. The van der Waals surface area contributed by atoms with Gasteiger partial charge in [-0.3, -0.25) is 4.79 Å². The Hall–Kier alpha value is -3.28. The Balaban J connectivity index is 1.43. The molecule has 0 aliphatic carbocycles. The number of nitrogens with two attached hydrogens (primary N) is 1. The van der Waals surface area contributed by atoms with Crippen LogP contribution in [0, 0.1) is 5.92 Å². The van der Waals surface area contributed by atoms with Crippen molar-refractivity contribution in [3.05, 3.63) is 53.9 Å². The van der Waals surface area contributed by atoms with Gasteiger partial charge in [-0.05, 0) is 54.7 Å². The molecule has 11 heteroatoms. The first-order valence-corrected chi connectivity index (χ1v) is 14.7. The molecule has 1 aromatic heterocycles. The summed E-state index contributed by atoms with van der Waals surface area (Å²) in [5.74, 6) is 0.958. The first-order chi connectivity index (χ1) is 18.5. The molecule has 0 bridgehead atoms. The van der Waals surface area contributed by atoms with Gasteiger partial charge in [-0.1, -0.05) is 32.9 Å². The van der Waals surface area contributed by atoms with Gasteiger partial charge in [-0.25, -0.2) is 8.42 Å². The van der Waals surface area contributed by atoms with E-state index in [0.29, 0.717) is 24.0 Å². The second-order valence-corrected chi connectivity index (χ2v) is 13.2. The second kappa shape index (κ2) is 10.7. The van der Waals surface area contributed by atoms with Crippen molar-refractivity contribution < 1.29 is 27.1 Å². The zero-order valence-corrected chi connectivity index (χ0v) is 23.2. The van der Waals surface area contributed by atoms with Crippen molar-refractivity contribution >= 4 is 21.4 Å². The van der Waals surface area contributed by atoms with E-state index < -0.39 is 27.5 Å². The third-order valence-corrected chi connectivity index (χ3v) is 8.78. The summed E-state index contributed by atoms with van der Waals surface area (Å²) in [6.07, 6.45) is 1.97. The molecule has 0 radical (unpaired) electrons. The van der Waals surface area contributed by atoms with Gasteiger partial charge < -0.3 is 24.5 Å². The molecule has 1 fully saturated rings. The molecule has 0 saturated carbocycles. The summed E-state index contributed by atoms with van der Waals surface area (Å²) >= 11 is 0. The maximum atomic E-state index is 13.4. The molecular weight excluding hydrogens is 520 g/mol. The van der Waals surface area contributed by atoms with E-state index >= 15 is 0 Å². The Kier molecular flexibility index (Phi) is 7.49. The monoisotopic (exact) mass is 554 g/mol. The van der Waals surface area contributed by atoms with Gasteiger partial charge in [0.2, 0.25) is 17.7 Å². The van der Waals surface area contributed by atoms with Crippen molar-refractivity contribution in [2.45, 2.75) is 56.5 Å². The van der Waals surface area contributed by atoms with E-state index in [1.54, 1.807) is 12.1 Å². The van der Waals surface area contributed by atoms with E-state index in [1.807, 2.05) is 45.0 Å². The van der Waals surface area contributed by atoms with Gasteiger partial charge in [0.15, 0.2) is 9.84 Å². The van der Waals surface area contributed by atoms with Crippen molar-refractivity contribution in [3.63, 3.8) is 0 Å². The minimum absolute atomic E-state index is 0.0412. The maximum Gasteiger partial charge on any atom is 0.247 e. The number of carbonyl (C=O) groups is 1. The number of ether oxygens (including phenoxy) is 2. The van der Waals surface area contributed by atoms with Crippen molar-refractivity contribution in [1.29, 1.82) is 0 Å². The second-order valence-electron chi connectivity index (χ2n) is 11.2. The summed E-state index contributed by atoms with van der Waals surface area (Å²) in [5.41, 5.74) is 7.27. The van der Waals surface area contributed by atoms with Crippen LogP contribution >= 0.6 is 0 Å². The Morgan fingerprint density at radius 1 is 1.08 bits per heavy atom. The fourth-order valence-corrected chi connectivity index (χ4v) is 6.21. The number of aromatic nitrogens is 2. The summed E-state index contributed by atoms with van der Waals surface area (Å²) in [7, 11) is -3.81. The van der Waals surface area contributed by atoms with E-state index in [2.05, 4.69) is 10.2 Å². The number of amides is 1. The van der Waals surface area contributed by atoms with Crippen LogP contribution in [0.25, 0.3) is 11.5 Å². The lowest BCUT2D eigenvalue weighted by molar-refractivity contribution is -0.119. The quantitative estimate of drug-likeness (QED) is 0.485. The molecule has 1 amide bonds. The third-order valence-electron chi connectivity index (χ3n) is 6.97. The van der Waals surface area contributed by atoms with Crippen LogP contribution in [0.3, 0.4) is 0 Å². The minimum Gasteiger partial charge on any atom is -0.493 e. The first-order valence-electron chi connectivity index (χ1n) is 13.1. The van der Waals surface area contributed by atoms with Crippen molar-refractivity contribution in [1.82, 2.24) is 10.2 Å². The fourth-order valence-electron chi connectivity index (χ4n) is 4.65. The standard InChI is InChI=1S/C28H34N4O6S/c1-28(2,3)27-31-30-25(38-27)20-6-9-24-23(14-20)32(26(33)22(29)17-39(24,34)35)15-18-4-7-21(8-5-18)37-16-19-10-12-36-13-11-19/h4-9,14,19,22H,10-13,15-17,29H2,1-3H3/t22-/m0/s1. The number of sulfone groups is 1. The molecule has 39 heavy (non-hydrogen) atoms. The third kappa shape index (κ3) is 6.00. The highest BCUT2D eigenvalue weighted by atomic mass is 32.2. The number of hydrogen-bond donors (Lipinski definition) is 1. The lowest BCUT2D eigenvalue weighted by atomic mass is 9.97. The molecule has 5 rings (SSSR count). The zero-order valence-electron chi connectivity index (χ0n) is 22.4. The molecule has 1 atom stereocenters. The van der Waals surface area contributed by atoms with Gasteiger partial charge in [0.05, 0.1) is 35.5 Å². The summed E-state index contributed by atoms with van der Waals surface area (Å²) in [6, 6.07) is 11.0. The number of hydrogen-bond acceptors (Lipinski definition) is 9. The lowest BCUT2D eigenvalue weighted by Crippen LogP contribution is -2.45. The molecule has 0 unspecified atom stereocenters. The molecule has 2 aromatic carbocycles. The van der Waals surface area contributed by atoms with E-state index in [4.69, 9.17) is 19.6 Å². The molecule has 208 valence electrons. The summed E-state index contributed by atoms with van der Waals surface area (Å²) in [6.45, 7) is 8.16. The van der Waals surface area contributed by atoms with E-state index in [9.17, 15) is 13.2 Å². The number of rotatable bonds is 6. The normalized spacial score (nSPS) is 19.9. The first kappa shape index (κ1) is 27.3. The van der Waals surface area contributed by atoms with Gasteiger partial charge in [-0.15, -0.1) is 10.2 Å². The van der Waals surface area contributed by atoms with Crippen molar-refractivity contribution in [2.24, 2.45) is 11.7 Å². The fraction of sp³-hybridized carbons (Fsp3) is 0.464. The number of nitrogens with zero attached hydrogens (tertiary/aromatic N) is 3. The molecule has 1 saturated heterocycles. The van der Waals surface area contributed by atoms with Crippen LogP contribution in [-0.4, -0.2) is 56.1 Å². The molecule has 2 aliphatic heterocycles. The minimum atomic E-state index is -3.81. The van der Waals surface area contributed by atoms with Crippen LogP contribution in [0.4, 0.5) is 5.69 Å². The van der Waals surface area contributed by atoms with Crippen LogP contribution in [0.2, 0.25) is 0 Å². The van der Waals surface area contributed by atoms with Crippen LogP contribution in [0.15, 0.2) is 51.8 Å². The lowest BCUT2D eigenvalue weighted by Gasteiger charge is -2.25. The molecule has 3 aromatic rings. The summed E-state index contributed by atoms with van der Waals surface area (Å²) in [4.78, 5) is 14.8. The number of benzene rings is 2. The van der Waals surface area contributed by atoms with Gasteiger partial charge in [0.1, 0.15) is 5.75 Å². The van der Waals surface area contributed by atoms with E-state index in [-0.39, 0.29) is 28.4 Å². The molecule has 0 spiro atoms. The summed E-state index contributed by atoms with van der Waals surface area (Å²) in [5, 5.41) is 8.29. The molecule has 10 nitrogen and oxygen atoms in total. The van der Waals surface area contributed by atoms with Crippen molar-refractivity contribution in [3.8, 4) is 17.2 Å². The Morgan fingerprint density at radius 3 is 2.46 bits per heavy atom. The average molecular weight is 555 g/mol. The van der Waals surface area contributed by atoms with E-state index in [0.717, 1.165) is 37.4 Å². The molecule has 2 N–H and O–H groups in total. The number of carbonyl (C=O) groups excluding carboxylic acids is 1. The molecular formula is C28H34N4O6S. The van der Waals surface area contributed by atoms with Gasteiger partial charge in [0, 0.05) is 24.2 Å². The highest BCUT2D eigenvalue weighted by molar-refractivity contribution is 7.91. The number of anilines is 1. The number of fused-ring (bicyclic) bond motifs is 1. The Labute approximate surface area is 228 Å². The molecule has 2 aliphatic rings.